The minimum atomic E-state index is -0.182. The van der Waals surface area contributed by atoms with E-state index in [-0.39, 0.29) is 10.6 Å². The summed E-state index contributed by atoms with van der Waals surface area (Å²) in [6.07, 6.45) is 0. The molecular formula is C17H11Br2F. The van der Waals surface area contributed by atoms with Gasteiger partial charge in [-0.3, -0.25) is 0 Å². The van der Waals surface area contributed by atoms with Crippen molar-refractivity contribution in [3.63, 3.8) is 0 Å². The summed E-state index contributed by atoms with van der Waals surface area (Å²) in [6, 6.07) is 19.1. The third kappa shape index (κ3) is 2.52. The van der Waals surface area contributed by atoms with Crippen LogP contribution >= 0.6 is 31.9 Å². The van der Waals surface area contributed by atoms with E-state index < -0.39 is 0 Å². The molecule has 0 saturated carbocycles. The average Bonchev–Trinajstić information content (AvgIpc) is 2.47. The quantitative estimate of drug-likeness (QED) is 0.453. The molecule has 0 aliphatic rings. The van der Waals surface area contributed by atoms with E-state index in [1.54, 1.807) is 0 Å². The van der Waals surface area contributed by atoms with Gasteiger partial charge in [-0.1, -0.05) is 74.3 Å². The maximum Gasteiger partial charge on any atom is 0.131 e. The molecule has 0 nitrogen and oxygen atoms in total. The van der Waals surface area contributed by atoms with Crippen LogP contribution in [-0.2, 0) is 0 Å². The molecule has 1 atom stereocenters. The molecule has 0 saturated heterocycles. The van der Waals surface area contributed by atoms with Crippen LogP contribution < -0.4 is 0 Å². The highest BCUT2D eigenvalue weighted by Crippen LogP contribution is 2.36. The van der Waals surface area contributed by atoms with Crippen molar-refractivity contribution < 1.29 is 4.39 Å². The number of fused-ring (bicyclic) bond motifs is 1. The van der Waals surface area contributed by atoms with Gasteiger partial charge >= 0.3 is 0 Å². The van der Waals surface area contributed by atoms with Crippen molar-refractivity contribution in [2.45, 2.75) is 4.83 Å². The fraction of sp³-hybridized carbons (Fsp3) is 0.0588. The fourth-order valence-corrected chi connectivity index (χ4v) is 3.45. The molecule has 0 aliphatic carbocycles. The van der Waals surface area contributed by atoms with E-state index in [0.717, 1.165) is 21.0 Å². The molecule has 0 aromatic heterocycles. The smallest absolute Gasteiger partial charge is 0.131 e. The Morgan fingerprint density at radius 2 is 1.60 bits per heavy atom. The van der Waals surface area contributed by atoms with Gasteiger partial charge in [0.05, 0.1) is 4.83 Å². The summed E-state index contributed by atoms with van der Waals surface area (Å²) < 4.78 is 14.9. The Morgan fingerprint density at radius 1 is 0.850 bits per heavy atom. The topological polar surface area (TPSA) is 0 Å². The summed E-state index contributed by atoms with van der Waals surface area (Å²) in [5.41, 5.74) is 2.20. The van der Waals surface area contributed by atoms with Crippen LogP contribution in [0.4, 0.5) is 4.39 Å². The maximum absolute atomic E-state index is 13.9. The lowest BCUT2D eigenvalue weighted by molar-refractivity contribution is 0.639. The Morgan fingerprint density at radius 3 is 2.35 bits per heavy atom. The van der Waals surface area contributed by atoms with Gasteiger partial charge < -0.3 is 0 Å². The minimum absolute atomic E-state index is 0.0329. The molecule has 3 rings (SSSR count). The SMILES string of the molecule is Fc1ccc(C(Br)c2cccc(Br)c2)c2ccccc12. The molecule has 0 spiro atoms. The van der Waals surface area contributed by atoms with Crippen molar-refractivity contribution in [1.82, 2.24) is 0 Å². The standard InChI is InChI=1S/C17H11Br2F/c18-12-5-3-4-11(10-12)17(19)15-8-9-16(20)14-7-2-1-6-13(14)15/h1-10,17H. The van der Waals surface area contributed by atoms with Gasteiger partial charge in [0.2, 0.25) is 0 Å². The first-order valence-corrected chi connectivity index (χ1v) is 7.94. The Balaban J connectivity index is 2.17. The number of benzene rings is 3. The largest absolute Gasteiger partial charge is 0.206 e. The molecule has 1 unspecified atom stereocenters. The zero-order valence-electron chi connectivity index (χ0n) is 10.5. The van der Waals surface area contributed by atoms with Gasteiger partial charge in [0.15, 0.2) is 0 Å². The van der Waals surface area contributed by atoms with Crippen LogP contribution in [0.15, 0.2) is 65.1 Å². The van der Waals surface area contributed by atoms with Crippen molar-refractivity contribution >= 4 is 42.6 Å². The van der Waals surface area contributed by atoms with E-state index >= 15 is 0 Å². The highest BCUT2D eigenvalue weighted by Gasteiger charge is 2.15. The summed E-state index contributed by atoms with van der Waals surface area (Å²) in [7, 11) is 0. The van der Waals surface area contributed by atoms with E-state index in [2.05, 4.69) is 44.0 Å². The molecule has 3 aromatic rings. The van der Waals surface area contributed by atoms with Crippen molar-refractivity contribution in [3.8, 4) is 0 Å². The van der Waals surface area contributed by atoms with E-state index in [0.29, 0.717) is 5.39 Å². The Labute approximate surface area is 133 Å². The first-order chi connectivity index (χ1) is 9.66. The zero-order chi connectivity index (χ0) is 14.1. The highest BCUT2D eigenvalue weighted by molar-refractivity contribution is 9.10. The normalized spacial score (nSPS) is 12.6. The second-order valence-electron chi connectivity index (χ2n) is 4.60. The zero-order valence-corrected chi connectivity index (χ0v) is 13.7. The number of halogens is 3. The number of hydrogen-bond donors (Lipinski definition) is 0. The Bertz CT molecular complexity index is 768. The Hall–Kier alpha value is -1.19. The number of hydrogen-bond acceptors (Lipinski definition) is 0. The van der Waals surface area contributed by atoms with Crippen LogP contribution in [0.25, 0.3) is 10.8 Å². The molecule has 100 valence electrons. The van der Waals surface area contributed by atoms with Gasteiger partial charge in [0.1, 0.15) is 5.82 Å². The molecule has 3 aromatic carbocycles. The molecule has 0 heterocycles. The first-order valence-electron chi connectivity index (χ1n) is 6.23. The molecule has 20 heavy (non-hydrogen) atoms. The summed E-state index contributed by atoms with van der Waals surface area (Å²) in [5.74, 6) is -0.182. The number of alkyl halides is 1. The van der Waals surface area contributed by atoms with E-state index in [9.17, 15) is 4.39 Å². The van der Waals surface area contributed by atoms with Gasteiger partial charge in [-0.25, -0.2) is 4.39 Å². The van der Waals surface area contributed by atoms with Crippen LogP contribution in [0.1, 0.15) is 16.0 Å². The summed E-state index contributed by atoms with van der Waals surface area (Å²) in [5, 5.41) is 1.60. The van der Waals surface area contributed by atoms with Gasteiger partial charge in [-0.05, 0) is 34.7 Å². The summed E-state index contributed by atoms with van der Waals surface area (Å²) in [4.78, 5) is 0.0329. The molecule has 0 radical (unpaired) electrons. The fourth-order valence-electron chi connectivity index (χ4n) is 2.35. The molecule has 0 N–H and O–H groups in total. The molecular weight excluding hydrogens is 383 g/mol. The van der Waals surface area contributed by atoms with E-state index in [1.165, 1.54) is 6.07 Å². The second kappa shape index (κ2) is 5.66. The molecule has 0 amide bonds. The van der Waals surface area contributed by atoms with Crippen LogP contribution in [0, 0.1) is 5.82 Å². The van der Waals surface area contributed by atoms with Crippen molar-refractivity contribution in [2.75, 3.05) is 0 Å². The third-order valence-electron chi connectivity index (χ3n) is 3.32. The van der Waals surface area contributed by atoms with Crippen LogP contribution in [0.5, 0.6) is 0 Å². The lowest BCUT2D eigenvalue weighted by Crippen LogP contribution is -1.95. The van der Waals surface area contributed by atoms with Gasteiger partial charge in [0.25, 0.3) is 0 Å². The highest BCUT2D eigenvalue weighted by atomic mass is 79.9. The van der Waals surface area contributed by atoms with Gasteiger partial charge in [0, 0.05) is 9.86 Å². The minimum Gasteiger partial charge on any atom is -0.206 e. The Kier molecular flexibility index (Phi) is 3.90. The van der Waals surface area contributed by atoms with Crippen LogP contribution in [0.3, 0.4) is 0 Å². The second-order valence-corrected chi connectivity index (χ2v) is 6.43. The van der Waals surface area contributed by atoms with Crippen molar-refractivity contribution in [3.05, 3.63) is 82.1 Å². The van der Waals surface area contributed by atoms with Crippen LogP contribution in [-0.4, -0.2) is 0 Å². The monoisotopic (exact) mass is 392 g/mol. The predicted octanol–water partition coefficient (Wildman–Crippen LogP) is 6.23. The number of rotatable bonds is 2. The summed E-state index contributed by atoms with van der Waals surface area (Å²) in [6.45, 7) is 0. The first kappa shape index (κ1) is 13.8. The maximum atomic E-state index is 13.9. The molecule has 3 heteroatoms. The third-order valence-corrected chi connectivity index (χ3v) is 4.83. The van der Waals surface area contributed by atoms with Gasteiger partial charge in [-0.2, -0.15) is 0 Å². The molecule has 0 bridgehead atoms. The molecule has 0 fully saturated rings. The van der Waals surface area contributed by atoms with Crippen molar-refractivity contribution in [1.29, 1.82) is 0 Å². The van der Waals surface area contributed by atoms with Crippen molar-refractivity contribution in [2.24, 2.45) is 0 Å². The lowest BCUT2D eigenvalue weighted by atomic mass is 9.98. The predicted molar refractivity (Wildman–Crippen MR) is 88.8 cm³/mol. The van der Waals surface area contributed by atoms with Crippen LogP contribution in [0.2, 0.25) is 0 Å². The van der Waals surface area contributed by atoms with Gasteiger partial charge in [-0.15, -0.1) is 0 Å². The lowest BCUT2D eigenvalue weighted by Gasteiger charge is -2.14. The molecule has 0 aliphatic heterocycles. The van der Waals surface area contributed by atoms with E-state index in [4.69, 9.17) is 0 Å². The van der Waals surface area contributed by atoms with E-state index in [1.807, 2.05) is 42.5 Å². The summed E-state index contributed by atoms with van der Waals surface area (Å²) >= 11 is 7.21. The average molecular weight is 394 g/mol.